The molecule has 1 N–H and O–H groups in total. The summed E-state index contributed by atoms with van der Waals surface area (Å²) in [6, 6.07) is 1.91. The molecule has 0 aromatic carbocycles. The number of piperidine rings is 1. The molecule has 0 aliphatic carbocycles. The zero-order chi connectivity index (χ0) is 16.6. The number of ether oxygens (including phenoxy) is 2. The third-order valence-corrected chi connectivity index (χ3v) is 4.99. The van der Waals surface area contributed by atoms with Crippen LogP contribution in [0.15, 0.2) is 21.2 Å². The van der Waals surface area contributed by atoms with E-state index in [0.29, 0.717) is 43.2 Å². The molecule has 0 spiro atoms. The van der Waals surface area contributed by atoms with E-state index in [4.69, 9.17) is 19.0 Å². The Kier molecular flexibility index (Phi) is 4.20. The van der Waals surface area contributed by atoms with Gasteiger partial charge in [-0.1, -0.05) is 0 Å². The number of carbonyl (C=O) groups is 1. The lowest BCUT2D eigenvalue weighted by atomic mass is 9.88. The molecule has 0 saturated carbocycles. The van der Waals surface area contributed by atoms with Crippen molar-refractivity contribution in [1.29, 1.82) is 0 Å². The van der Waals surface area contributed by atoms with Crippen LogP contribution >= 0.6 is 15.9 Å². The number of amides is 1. The number of rotatable bonds is 3. The van der Waals surface area contributed by atoms with Gasteiger partial charge in [0, 0.05) is 49.1 Å². The zero-order valence-corrected chi connectivity index (χ0v) is 14.4. The van der Waals surface area contributed by atoms with Gasteiger partial charge in [0.2, 0.25) is 0 Å². The van der Waals surface area contributed by atoms with Crippen LogP contribution in [0.2, 0.25) is 0 Å². The van der Waals surface area contributed by atoms with Gasteiger partial charge in [0.1, 0.15) is 11.4 Å². The molecule has 8 heteroatoms. The van der Waals surface area contributed by atoms with Gasteiger partial charge >= 0.3 is 6.09 Å². The molecule has 0 radical (unpaired) electrons. The molecular formula is C15H17BrN2O5. The van der Waals surface area contributed by atoms with Crippen molar-refractivity contribution in [2.75, 3.05) is 27.3 Å². The Bertz CT molecular complexity index is 737. The summed E-state index contributed by atoms with van der Waals surface area (Å²) in [4.78, 5) is 16.7. The van der Waals surface area contributed by atoms with E-state index in [-0.39, 0.29) is 0 Å². The fraction of sp³-hybridized carbons (Fsp3) is 0.467. The molecule has 1 amide bonds. The zero-order valence-electron chi connectivity index (χ0n) is 12.8. The van der Waals surface area contributed by atoms with Crippen molar-refractivity contribution >= 4 is 33.0 Å². The quantitative estimate of drug-likeness (QED) is 0.874. The van der Waals surface area contributed by atoms with E-state index in [1.807, 2.05) is 6.07 Å². The highest BCUT2D eigenvalue weighted by molar-refractivity contribution is 9.10. The number of hydrogen-bond donors (Lipinski definition) is 1. The number of fused-ring (bicyclic) bond motifs is 1. The highest BCUT2D eigenvalue weighted by Crippen LogP contribution is 2.42. The maximum Gasteiger partial charge on any atom is 0.407 e. The topological polar surface area (TPSA) is 85.0 Å². The van der Waals surface area contributed by atoms with Gasteiger partial charge in [0.25, 0.3) is 5.88 Å². The van der Waals surface area contributed by atoms with Crippen LogP contribution in [0.1, 0.15) is 18.6 Å². The molecule has 1 aliphatic heterocycles. The van der Waals surface area contributed by atoms with Gasteiger partial charge in [-0.05, 0) is 22.0 Å². The van der Waals surface area contributed by atoms with E-state index < -0.39 is 11.7 Å². The maximum absolute atomic E-state index is 11.1. The summed E-state index contributed by atoms with van der Waals surface area (Å²) < 4.78 is 17.8. The Morgan fingerprint density at radius 1 is 1.43 bits per heavy atom. The molecule has 0 atom stereocenters. The van der Waals surface area contributed by atoms with Crippen LogP contribution in [0.5, 0.6) is 5.88 Å². The Morgan fingerprint density at radius 2 is 2.13 bits per heavy atom. The average molecular weight is 385 g/mol. The summed E-state index contributed by atoms with van der Waals surface area (Å²) in [5.74, 6) is 1.07. The highest BCUT2D eigenvalue weighted by atomic mass is 79.9. The number of likely N-dealkylation sites (tertiary alicyclic amines) is 1. The Labute approximate surface area is 141 Å². The first-order valence-corrected chi connectivity index (χ1v) is 7.95. The number of nitrogens with zero attached hydrogens (tertiary/aromatic N) is 2. The second-order valence-electron chi connectivity index (χ2n) is 5.44. The summed E-state index contributed by atoms with van der Waals surface area (Å²) in [7, 11) is 3.16. The van der Waals surface area contributed by atoms with Crippen molar-refractivity contribution in [3.63, 3.8) is 0 Å². The summed E-state index contributed by atoms with van der Waals surface area (Å²) in [6.45, 7) is 0.799. The van der Waals surface area contributed by atoms with Crippen molar-refractivity contribution in [1.82, 2.24) is 9.88 Å². The molecule has 0 bridgehead atoms. The van der Waals surface area contributed by atoms with E-state index in [1.54, 1.807) is 13.3 Å². The van der Waals surface area contributed by atoms with E-state index in [9.17, 15) is 4.79 Å². The Hall–Kier alpha value is -1.80. The Morgan fingerprint density at radius 3 is 2.70 bits per heavy atom. The minimum absolute atomic E-state index is 0.400. The number of aromatic nitrogens is 1. The first kappa shape index (κ1) is 16.1. The van der Waals surface area contributed by atoms with Gasteiger partial charge < -0.3 is 23.9 Å². The molecule has 2 aromatic heterocycles. The second-order valence-corrected chi connectivity index (χ2v) is 6.29. The fourth-order valence-corrected chi connectivity index (χ4v) is 3.35. The largest absolute Gasteiger partial charge is 0.478 e. The third kappa shape index (κ3) is 2.66. The van der Waals surface area contributed by atoms with Crippen LogP contribution in [-0.4, -0.2) is 48.4 Å². The first-order chi connectivity index (χ1) is 11.0. The van der Waals surface area contributed by atoms with Gasteiger partial charge in [-0.3, -0.25) is 0 Å². The third-order valence-electron chi connectivity index (χ3n) is 4.35. The van der Waals surface area contributed by atoms with Crippen LogP contribution in [0.4, 0.5) is 4.79 Å². The van der Waals surface area contributed by atoms with E-state index in [2.05, 4.69) is 20.9 Å². The van der Waals surface area contributed by atoms with Gasteiger partial charge in [0.15, 0.2) is 5.58 Å². The van der Waals surface area contributed by atoms with E-state index in [0.717, 1.165) is 9.86 Å². The van der Waals surface area contributed by atoms with Crippen molar-refractivity contribution in [2.45, 2.75) is 18.4 Å². The van der Waals surface area contributed by atoms with Gasteiger partial charge in [0.05, 0.1) is 7.11 Å². The highest BCUT2D eigenvalue weighted by Gasteiger charge is 2.41. The molecule has 1 saturated heterocycles. The summed E-state index contributed by atoms with van der Waals surface area (Å²) in [5, 5.41) is 9.95. The van der Waals surface area contributed by atoms with Gasteiger partial charge in [-0.15, -0.1) is 0 Å². The molecule has 23 heavy (non-hydrogen) atoms. The molecule has 1 aliphatic rings. The lowest BCUT2D eigenvalue weighted by Gasteiger charge is -2.38. The number of halogens is 1. The number of pyridine rings is 1. The maximum atomic E-state index is 11.1. The fourth-order valence-electron chi connectivity index (χ4n) is 2.95. The van der Waals surface area contributed by atoms with Gasteiger partial charge in [-0.2, -0.15) is 0 Å². The van der Waals surface area contributed by atoms with Crippen LogP contribution in [0, 0.1) is 0 Å². The van der Waals surface area contributed by atoms with Crippen LogP contribution in [0.25, 0.3) is 11.0 Å². The predicted octanol–water partition coefficient (Wildman–Crippen LogP) is 3.21. The summed E-state index contributed by atoms with van der Waals surface area (Å²) in [5.41, 5.74) is -0.0935. The van der Waals surface area contributed by atoms with E-state index >= 15 is 0 Å². The van der Waals surface area contributed by atoms with Crippen molar-refractivity contribution in [3.05, 3.63) is 22.5 Å². The van der Waals surface area contributed by atoms with Crippen LogP contribution < -0.4 is 4.74 Å². The molecule has 3 heterocycles. The van der Waals surface area contributed by atoms with Crippen molar-refractivity contribution in [2.24, 2.45) is 0 Å². The van der Waals surface area contributed by atoms with Crippen molar-refractivity contribution < 1.29 is 23.8 Å². The lowest BCUT2D eigenvalue weighted by Crippen LogP contribution is -2.45. The molecular weight excluding hydrogens is 368 g/mol. The smallest absolute Gasteiger partial charge is 0.407 e. The predicted molar refractivity (Wildman–Crippen MR) is 85.8 cm³/mol. The lowest BCUT2D eigenvalue weighted by molar-refractivity contribution is -0.0716. The normalized spacial score (nSPS) is 17.4. The van der Waals surface area contributed by atoms with Crippen molar-refractivity contribution in [3.8, 4) is 5.88 Å². The Balaban J connectivity index is 2.01. The number of carboxylic acid groups (broad SMARTS) is 1. The van der Waals surface area contributed by atoms with E-state index in [1.165, 1.54) is 12.0 Å². The minimum atomic E-state index is -0.909. The minimum Gasteiger partial charge on any atom is -0.478 e. The average Bonchev–Trinajstić information content (AvgIpc) is 3.02. The summed E-state index contributed by atoms with van der Waals surface area (Å²) >= 11 is 3.46. The summed E-state index contributed by atoms with van der Waals surface area (Å²) in [6.07, 6.45) is 1.81. The molecule has 0 unspecified atom stereocenters. The van der Waals surface area contributed by atoms with Gasteiger partial charge in [-0.25, -0.2) is 9.78 Å². The SMILES string of the molecule is COc1ncc(Br)c2cc(C3(OC)CCN(C(=O)O)CC3)oc12. The standard InChI is InChI=1S/C15H17BrN2O5/c1-21-13-12-9(10(16)8-17-13)7-11(23-12)15(22-2)3-5-18(6-4-15)14(19)20/h7-8H,3-6H2,1-2H3,(H,19,20). The first-order valence-electron chi connectivity index (χ1n) is 7.16. The molecule has 7 nitrogen and oxygen atoms in total. The molecule has 1 fully saturated rings. The monoisotopic (exact) mass is 384 g/mol. The second kappa shape index (κ2) is 6.01. The number of methoxy groups -OCH3 is 2. The number of hydrogen-bond acceptors (Lipinski definition) is 5. The molecule has 2 aromatic rings. The number of furan rings is 1. The molecule has 3 rings (SSSR count). The molecule has 124 valence electrons. The van der Waals surface area contributed by atoms with Crippen LogP contribution in [0.3, 0.4) is 0 Å². The van der Waals surface area contributed by atoms with Crippen LogP contribution in [-0.2, 0) is 10.3 Å².